The molecule has 0 radical (unpaired) electrons. The van der Waals surface area contributed by atoms with Crippen molar-refractivity contribution in [3.05, 3.63) is 53.2 Å². The number of thiophene rings is 1. The molecule has 0 N–H and O–H groups in total. The molecule has 0 unspecified atom stereocenters. The highest BCUT2D eigenvalue weighted by atomic mass is 32.1. The topological polar surface area (TPSA) is 68.5 Å². The maximum atomic E-state index is 13.1. The molecule has 2 aromatic heterocycles. The highest BCUT2D eigenvalue weighted by Crippen LogP contribution is 2.25. The fourth-order valence-electron chi connectivity index (χ4n) is 3.04. The zero-order valence-corrected chi connectivity index (χ0v) is 19.0. The van der Waals surface area contributed by atoms with Gasteiger partial charge in [-0.05, 0) is 47.9 Å². The highest BCUT2D eigenvalue weighted by molar-refractivity contribution is 7.13. The van der Waals surface area contributed by atoms with Crippen LogP contribution in [0.4, 0.5) is 0 Å². The smallest absolute Gasteiger partial charge is 0.264 e. The van der Waals surface area contributed by atoms with E-state index in [9.17, 15) is 4.79 Å². The van der Waals surface area contributed by atoms with Gasteiger partial charge in [0.1, 0.15) is 12.3 Å². The second-order valence-electron chi connectivity index (χ2n) is 8.13. The Kier molecular flexibility index (Phi) is 6.92. The monoisotopic (exact) mass is 427 g/mol. The molecule has 0 aliphatic heterocycles. The average molecular weight is 428 g/mol. The number of ether oxygens (including phenoxy) is 1. The zero-order valence-electron chi connectivity index (χ0n) is 18.2. The van der Waals surface area contributed by atoms with Gasteiger partial charge in [0, 0.05) is 6.54 Å². The van der Waals surface area contributed by atoms with Crippen molar-refractivity contribution in [2.75, 3.05) is 6.54 Å². The standard InChI is InChI=1S/C23H29N3O3S/c1-6-18(28-17-12-10-16(11-13-17)23(3,4)5)22(27)26(7-2)15-20-24-21(25-29-20)19-9-8-14-30-19/h8-14,18H,6-7,15H2,1-5H3/t18-/m0/s1. The van der Waals surface area contributed by atoms with Crippen LogP contribution < -0.4 is 4.74 Å². The van der Waals surface area contributed by atoms with Gasteiger partial charge < -0.3 is 14.2 Å². The fraction of sp³-hybridized carbons (Fsp3) is 0.435. The Labute approximate surface area is 181 Å². The number of aromatic nitrogens is 2. The molecule has 3 aromatic rings. The zero-order chi connectivity index (χ0) is 21.7. The molecule has 0 bridgehead atoms. The lowest BCUT2D eigenvalue weighted by molar-refractivity contribution is -0.139. The van der Waals surface area contributed by atoms with Crippen molar-refractivity contribution in [2.45, 2.75) is 59.1 Å². The minimum Gasteiger partial charge on any atom is -0.481 e. The van der Waals surface area contributed by atoms with Crippen LogP contribution in [0.15, 0.2) is 46.3 Å². The van der Waals surface area contributed by atoms with Gasteiger partial charge in [-0.15, -0.1) is 11.3 Å². The van der Waals surface area contributed by atoms with E-state index in [2.05, 4.69) is 43.0 Å². The van der Waals surface area contributed by atoms with Gasteiger partial charge >= 0.3 is 0 Å². The minimum atomic E-state index is -0.565. The number of hydrogen-bond donors (Lipinski definition) is 0. The van der Waals surface area contributed by atoms with E-state index >= 15 is 0 Å². The molecule has 160 valence electrons. The third-order valence-corrected chi connectivity index (χ3v) is 5.74. The Bertz CT molecular complexity index is 943. The molecule has 6 nitrogen and oxygen atoms in total. The first kappa shape index (κ1) is 22.0. The summed E-state index contributed by atoms with van der Waals surface area (Å²) in [6, 6.07) is 11.8. The van der Waals surface area contributed by atoms with Gasteiger partial charge in [-0.1, -0.05) is 51.1 Å². The van der Waals surface area contributed by atoms with Crippen LogP contribution in [0.1, 0.15) is 52.5 Å². The molecule has 1 aromatic carbocycles. The van der Waals surface area contributed by atoms with Crippen LogP contribution in [0, 0.1) is 0 Å². The van der Waals surface area contributed by atoms with Crippen LogP contribution in [-0.2, 0) is 16.8 Å². The fourth-order valence-corrected chi connectivity index (χ4v) is 3.69. The molecule has 0 aliphatic carbocycles. The maximum Gasteiger partial charge on any atom is 0.264 e. The number of rotatable bonds is 8. The summed E-state index contributed by atoms with van der Waals surface area (Å²) in [6.45, 7) is 11.2. The van der Waals surface area contributed by atoms with E-state index in [1.165, 1.54) is 5.56 Å². The van der Waals surface area contributed by atoms with Crippen molar-refractivity contribution in [2.24, 2.45) is 0 Å². The lowest BCUT2D eigenvalue weighted by atomic mass is 9.87. The molecular formula is C23H29N3O3S. The van der Waals surface area contributed by atoms with Gasteiger partial charge in [0.25, 0.3) is 5.91 Å². The van der Waals surface area contributed by atoms with E-state index < -0.39 is 6.10 Å². The summed E-state index contributed by atoms with van der Waals surface area (Å²) in [6.07, 6.45) is 0.00537. The van der Waals surface area contributed by atoms with E-state index in [4.69, 9.17) is 9.26 Å². The van der Waals surface area contributed by atoms with Gasteiger partial charge in [0.2, 0.25) is 11.7 Å². The number of benzene rings is 1. The van der Waals surface area contributed by atoms with Crippen LogP contribution in [0.2, 0.25) is 0 Å². The van der Waals surface area contributed by atoms with Crippen molar-refractivity contribution >= 4 is 17.2 Å². The van der Waals surface area contributed by atoms with Gasteiger partial charge in [0.05, 0.1) is 4.88 Å². The van der Waals surface area contributed by atoms with E-state index in [0.717, 1.165) is 4.88 Å². The molecule has 1 atom stereocenters. The predicted molar refractivity (Wildman–Crippen MR) is 119 cm³/mol. The molecular weight excluding hydrogens is 398 g/mol. The SMILES string of the molecule is CC[C@H](Oc1ccc(C(C)(C)C)cc1)C(=O)N(CC)Cc1nc(-c2cccs2)no1. The van der Waals surface area contributed by atoms with Crippen LogP contribution in [-0.4, -0.2) is 33.6 Å². The Morgan fingerprint density at radius 1 is 1.20 bits per heavy atom. The van der Waals surface area contributed by atoms with Gasteiger partial charge in [0.15, 0.2) is 6.10 Å². The summed E-state index contributed by atoms with van der Waals surface area (Å²) in [5, 5.41) is 5.98. The van der Waals surface area contributed by atoms with Gasteiger partial charge in [-0.3, -0.25) is 4.79 Å². The Balaban J connectivity index is 1.67. The van der Waals surface area contributed by atoms with E-state index in [1.807, 2.05) is 43.5 Å². The van der Waals surface area contributed by atoms with Crippen molar-refractivity contribution < 1.29 is 14.1 Å². The largest absolute Gasteiger partial charge is 0.481 e. The van der Waals surface area contributed by atoms with Crippen LogP contribution in [0.5, 0.6) is 5.75 Å². The third-order valence-electron chi connectivity index (χ3n) is 4.87. The lowest BCUT2D eigenvalue weighted by Crippen LogP contribution is -2.41. The van der Waals surface area contributed by atoms with Crippen LogP contribution in [0.25, 0.3) is 10.7 Å². The van der Waals surface area contributed by atoms with Crippen molar-refractivity contribution in [1.82, 2.24) is 15.0 Å². The van der Waals surface area contributed by atoms with E-state index in [0.29, 0.717) is 30.4 Å². The van der Waals surface area contributed by atoms with Crippen LogP contribution in [0.3, 0.4) is 0 Å². The molecule has 0 fully saturated rings. The van der Waals surface area contributed by atoms with Crippen molar-refractivity contribution in [1.29, 1.82) is 0 Å². The molecule has 0 aliphatic rings. The lowest BCUT2D eigenvalue weighted by Gasteiger charge is -2.25. The normalized spacial score (nSPS) is 12.6. The predicted octanol–water partition coefficient (Wildman–Crippen LogP) is 5.30. The van der Waals surface area contributed by atoms with Gasteiger partial charge in [-0.2, -0.15) is 4.98 Å². The summed E-state index contributed by atoms with van der Waals surface area (Å²) >= 11 is 1.55. The van der Waals surface area contributed by atoms with E-state index in [1.54, 1.807) is 16.2 Å². The number of hydrogen-bond acceptors (Lipinski definition) is 6. The summed E-state index contributed by atoms with van der Waals surface area (Å²) in [5.41, 5.74) is 1.30. The number of amides is 1. The quantitative estimate of drug-likeness (QED) is 0.488. The Morgan fingerprint density at radius 3 is 2.50 bits per heavy atom. The Hall–Kier alpha value is -2.67. The van der Waals surface area contributed by atoms with Crippen LogP contribution >= 0.6 is 11.3 Å². The highest BCUT2D eigenvalue weighted by Gasteiger charge is 2.26. The molecule has 3 rings (SSSR count). The first-order valence-electron chi connectivity index (χ1n) is 10.2. The summed E-state index contributed by atoms with van der Waals surface area (Å²) in [5.74, 6) is 1.57. The molecule has 2 heterocycles. The first-order chi connectivity index (χ1) is 14.3. The number of nitrogens with zero attached hydrogens (tertiary/aromatic N) is 3. The third kappa shape index (κ3) is 5.27. The number of carbonyl (C=O) groups is 1. The second kappa shape index (κ2) is 9.43. The number of carbonyl (C=O) groups excluding carboxylic acids is 1. The molecule has 1 amide bonds. The molecule has 30 heavy (non-hydrogen) atoms. The number of likely N-dealkylation sites (N-methyl/N-ethyl adjacent to an activating group) is 1. The first-order valence-corrected chi connectivity index (χ1v) is 11.1. The minimum absolute atomic E-state index is 0.0730. The maximum absolute atomic E-state index is 13.1. The van der Waals surface area contributed by atoms with E-state index in [-0.39, 0.29) is 17.9 Å². The molecule has 0 saturated heterocycles. The molecule has 7 heteroatoms. The summed E-state index contributed by atoms with van der Waals surface area (Å²) in [7, 11) is 0. The Morgan fingerprint density at radius 2 is 1.93 bits per heavy atom. The summed E-state index contributed by atoms with van der Waals surface area (Å²) in [4.78, 5) is 20.1. The van der Waals surface area contributed by atoms with Crippen molar-refractivity contribution in [3.8, 4) is 16.5 Å². The van der Waals surface area contributed by atoms with Crippen molar-refractivity contribution in [3.63, 3.8) is 0 Å². The molecule has 0 saturated carbocycles. The molecule has 0 spiro atoms. The van der Waals surface area contributed by atoms with Gasteiger partial charge in [-0.25, -0.2) is 0 Å². The average Bonchev–Trinajstić information content (AvgIpc) is 3.41. The summed E-state index contributed by atoms with van der Waals surface area (Å²) < 4.78 is 11.4. The second-order valence-corrected chi connectivity index (χ2v) is 9.08.